The van der Waals surface area contributed by atoms with Crippen LogP contribution >= 0.6 is 0 Å². The van der Waals surface area contributed by atoms with E-state index in [0.29, 0.717) is 31.8 Å². The third-order valence-corrected chi connectivity index (χ3v) is 5.86. The first kappa shape index (κ1) is 17.7. The van der Waals surface area contributed by atoms with Crippen LogP contribution in [0.1, 0.15) is 24.8 Å². The van der Waals surface area contributed by atoms with Gasteiger partial charge in [0.2, 0.25) is 15.9 Å². The van der Waals surface area contributed by atoms with Crippen LogP contribution in [0.2, 0.25) is 0 Å². The molecule has 0 spiro atoms. The van der Waals surface area contributed by atoms with Gasteiger partial charge in [0.1, 0.15) is 5.75 Å². The molecule has 128 valence electrons. The molecule has 1 saturated heterocycles. The number of benzene rings is 1. The number of hydrogen-bond donors (Lipinski definition) is 1. The number of hydrogen-bond acceptors (Lipinski definition) is 4. The van der Waals surface area contributed by atoms with Gasteiger partial charge in [-0.25, -0.2) is 12.7 Å². The highest BCUT2D eigenvalue weighted by atomic mass is 32.2. The molecule has 1 amide bonds. The first-order valence-corrected chi connectivity index (χ1v) is 9.50. The molecule has 6 nitrogen and oxygen atoms in total. The minimum absolute atomic E-state index is 0.0870. The number of sulfonamides is 1. The number of rotatable bonds is 7. The molecule has 1 heterocycles. The van der Waals surface area contributed by atoms with Crippen molar-refractivity contribution in [3.63, 3.8) is 0 Å². The molecule has 1 aromatic rings. The molecule has 1 aliphatic heterocycles. The lowest BCUT2D eigenvalue weighted by Crippen LogP contribution is -2.39. The van der Waals surface area contributed by atoms with Crippen LogP contribution in [0.5, 0.6) is 5.75 Å². The molecule has 0 bridgehead atoms. The highest BCUT2D eigenvalue weighted by Gasteiger charge is 2.24. The van der Waals surface area contributed by atoms with E-state index in [1.165, 1.54) is 4.31 Å². The minimum Gasteiger partial charge on any atom is -0.496 e. The normalized spacial score (nSPS) is 17.6. The molecule has 0 unspecified atom stereocenters. The number of para-hydroxylation sites is 1. The summed E-state index contributed by atoms with van der Waals surface area (Å²) in [6.07, 6.45) is 2.54. The molecule has 0 atom stereocenters. The molecule has 1 fully saturated rings. The highest BCUT2D eigenvalue weighted by molar-refractivity contribution is 7.89. The van der Waals surface area contributed by atoms with Crippen LogP contribution in [0.3, 0.4) is 0 Å². The molecule has 0 aromatic heterocycles. The van der Waals surface area contributed by atoms with E-state index in [-0.39, 0.29) is 18.1 Å². The molecule has 2 rings (SSSR count). The van der Waals surface area contributed by atoms with Crippen molar-refractivity contribution in [2.24, 2.45) is 0 Å². The van der Waals surface area contributed by atoms with Crippen LogP contribution in [-0.4, -0.2) is 51.1 Å². The first-order valence-electron chi connectivity index (χ1n) is 7.89. The fourth-order valence-corrected chi connectivity index (χ4v) is 4.30. The van der Waals surface area contributed by atoms with Crippen molar-refractivity contribution < 1.29 is 17.9 Å². The van der Waals surface area contributed by atoms with E-state index in [4.69, 9.17) is 4.74 Å². The molecule has 0 radical (unpaired) electrons. The second-order valence-corrected chi connectivity index (χ2v) is 7.70. The van der Waals surface area contributed by atoms with E-state index in [2.05, 4.69) is 5.32 Å². The predicted molar refractivity (Wildman–Crippen MR) is 88.9 cm³/mol. The average molecular weight is 340 g/mol. The Morgan fingerprint density at radius 1 is 1.30 bits per heavy atom. The van der Waals surface area contributed by atoms with Gasteiger partial charge in [-0.2, -0.15) is 0 Å². The number of ether oxygens (including phenoxy) is 1. The van der Waals surface area contributed by atoms with Gasteiger partial charge >= 0.3 is 0 Å². The smallest absolute Gasteiger partial charge is 0.224 e. The molecule has 1 N–H and O–H groups in total. The first-order chi connectivity index (χ1) is 11.0. The van der Waals surface area contributed by atoms with Gasteiger partial charge in [-0.1, -0.05) is 18.2 Å². The Labute approximate surface area is 137 Å². The van der Waals surface area contributed by atoms with Crippen molar-refractivity contribution in [1.82, 2.24) is 9.62 Å². The van der Waals surface area contributed by atoms with Crippen molar-refractivity contribution in [3.05, 3.63) is 29.8 Å². The Hall–Kier alpha value is -1.60. The van der Waals surface area contributed by atoms with Crippen LogP contribution in [-0.2, 0) is 21.2 Å². The maximum Gasteiger partial charge on any atom is 0.224 e. The minimum atomic E-state index is -3.08. The van der Waals surface area contributed by atoms with E-state index in [0.717, 1.165) is 18.4 Å². The number of carbonyl (C=O) groups excluding carboxylic acids is 1. The number of carbonyl (C=O) groups is 1. The fourth-order valence-electron chi connectivity index (χ4n) is 2.66. The summed E-state index contributed by atoms with van der Waals surface area (Å²) in [6.45, 7) is 1.54. The summed E-state index contributed by atoms with van der Waals surface area (Å²) >= 11 is 0. The van der Waals surface area contributed by atoms with Crippen molar-refractivity contribution in [1.29, 1.82) is 0 Å². The molecule has 1 aromatic carbocycles. The third kappa shape index (κ3) is 5.21. The van der Waals surface area contributed by atoms with Crippen LogP contribution in [0.25, 0.3) is 0 Å². The second-order valence-electron chi connectivity index (χ2n) is 5.61. The summed E-state index contributed by atoms with van der Waals surface area (Å²) in [7, 11) is -1.50. The molecule has 0 aliphatic carbocycles. The summed E-state index contributed by atoms with van der Waals surface area (Å²) in [6, 6.07) is 7.41. The molecule has 1 aliphatic rings. The summed E-state index contributed by atoms with van der Waals surface area (Å²) in [4.78, 5) is 12.0. The van der Waals surface area contributed by atoms with Crippen molar-refractivity contribution in [2.45, 2.75) is 25.7 Å². The van der Waals surface area contributed by atoms with E-state index < -0.39 is 10.0 Å². The zero-order valence-corrected chi connectivity index (χ0v) is 14.3. The SMILES string of the molecule is COc1ccccc1CC(=O)NCCCN1CCCCS1(=O)=O. The lowest BCUT2D eigenvalue weighted by atomic mass is 10.1. The van der Waals surface area contributed by atoms with Gasteiger partial charge in [0.25, 0.3) is 0 Å². The predicted octanol–water partition coefficient (Wildman–Crippen LogP) is 1.17. The van der Waals surface area contributed by atoms with E-state index in [9.17, 15) is 13.2 Å². The maximum absolute atomic E-state index is 12.0. The Balaban J connectivity index is 1.73. The average Bonchev–Trinajstić information content (AvgIpc) is 2.53. The number of nitrogens with zero attached hydrogens (tertiary/aromatic N) is 1. The van der Waals surface area contributed by atoms with Gasteiger partial charge in [0.05, 0.1) is 19.3 Å². The molecular weight excluding hydrogens is 316 g/mol. The standard InChI is InChI=1S/C16H24N2O4S/c1-22-15-8-3-2-7-14(15)13-16(19)17-9-6-11-18-10-4-5-12-23(18,20)21/h2-3,7-8H,4-6,9-13H2,1H3,(H,17,19). The summed E-state index contributed by atoms with van der Waals surface area (Å²) in [5, 5.41) is 2.83. The fraction of sp³-hybridized carbons (Fsp3) is 0.562. The summed E-state index contributed by atoms with van der Waals surface area (Å²) in [5.74, 6) is 0.853. The van der Waals surface area contributed by atoms with Crippen molar-refractivity contribution in [3.8, 4) is 5.75 Å². The molecule has 7 heteroatoms. The second kappa shape index (κ2) is 8.31. The Kier molecular flexibility index (Phi) is 6.41. The maximum atomic E-state index is 12.0. The van der Waals surface area contributed by atoms with Gasteiger partial charge in [0, 0.05) is 25.2 Å². The largest absolute Gasteiger partial charge is 0.496 e. The van der Waals surface area contributed by atoms with Gasteiger partial charge in [0.15, 0.2) is 0 Å². The molecule has 0 saturated carbocycles. The molecular formula is C16H24N2O4S. The Morgan fingerprint density at radius 3 is 2.83 bits per heavy atom. The van der Waals surface area contributed by atoms with E-state index in [1.807, 2.05) is 24.3 Å². The van der Waals surface area contributed by atoms with Crippen molar-refractivity contribution in [2.75, 3.05) is 32.5 Å². The van der Waals surface area contributed by atoms with Crippen LogP contribution in [0.4, 0.5) is 0 Å². The van der Waals surface area contributed by atoms with Crippen LogP contribution in [0, 0.1) is 0 Å². The number of nitrogens with one attached hydrogen (secondary N) is 1. The highest BCUT2D eigenvalue weighted by Crippen LogP contribution is 2.17. The van der Waals surface area contributed by atoms with Crippen LogP contribution < -0.4 is 10.1 Å². The zero-order valence-electron chi connectivity index (χ0n) is 13.5. The van der Waals surface area contributed by atoms with Gasteiger partial charge < -0.3 is 10.1 Å². The van der Waals surface area contributed by atoms with Crippen molar-refractivity contribution >= 4 is 15.9 Å². The van der Waals surface area contributed by atoms with E-state index >= 15 is 0 Å². The number of methoxy groups -OCH3 is 1. The number of amides is 1. The summed E-state index contributed by atoms with van der Waals surface area (Å²) in [5.41, 5.74) is 0.839. The third-order valence-electron chi connectivity index (χ3n) is 3.90. The van der Waals surface area contributed by atoms with Crippen LogP contribution in [0.15, 0.2) is 24.3 Å². The van der Waals surface area contributed by atoms with Gasteiger partial charge in [-0.3, -0.25) is 4.79 Å². The lowest BCUT2D eigenvalue weighted by Gasteiger charge is -2.26. The monoisotopic (exact) mass is 340 g/mol. The Bertz CT molecular complexity index is 631. The summed E-state index contributed by atoms with van der Waals surface area (Å²) < 4.78 is 30.4. The lowest BCUT2D eigenvalue weighted by molar-refractivity contribution is -0.120. The topological polar surface area (TPSA) is 75.7 Å². The quantitative estimate of drug-likeness (QED) is 0.756. The molecule has 23 heavy (non-hydrogen) atoms. The zero-order chi connectivity index (χ0) is 16.7. The van der Waals surface area contributed by atoms with Gasteiger partial charge in [-0.05, 0) is 25.3 Å². The van der Waals surface area contributed by atoms with E-state index in [1.54, 1.807) is 7.11 Å². The van der Waals surface area contributed by atoms with Gasteiger partial charge in [-0.15, -0.1) is 0 Å². The Morgan fingerprint density at radius 2 is 2.09 bits per heavy atom.